The molecule has 190 valence electrons. The fourth-order valence-corrected chi connectivity index (χ4v) is 5.95. The molecule has 3 heterocycles. The zero-order chi connectivity index (χ0) is 24.8. The van der Waals surface area contributed by atoms with Crippen LogP contribution in [0.15, 0.2) is 23.6 Å². The number of carbonyl (C=O) groups is 2. The fraction of sp³-hybridized carbons (Fsp3) is 0.577. The number of aromatic nitrogens is 1. The number of carboxylic acid groups (broad SMARTS) is 1. The van der Waals surface area contributed by atoms with Crippen molar-refractivity contribution in [3.05, 3.63) is 50.4 Å². The summed E-state index contributed by atoms with van der Waals surface area (Å²) in [6.45, 7) is 6.39. The van der Waals surface area contributed by atoms with Gasteiger partial charge in [0.15, 0.2) is 0 Å². The van der Waals surface area contributed by atoms with E-state index in [2.05, 4.69) is 22.9 Å². The molecule has 4 rings (SSSR count). The zero-order valence-corrected chi connectivity index (χ0v) is 21.9. The van der Waals surface area contributed by atoms with E-state index in [1.54, 1.807) is 11.3 Å². The van der Waals surface area contributed by atoms with Gasteiger partial charge in [0, 0.05) is 43.0 Å². The van der Waals surface area contributed by atoms with Crippen molar-refractivity contribution < 1.29 is 19.4 Å². The third-order valence-corrected chi connectivity index (χ3v) is 8.49. The molecule has 2 fully saturated rings. The molecule has 0 unspecified atom stereocenters. The smallest absolute Gasteiger partial charge is 0.303 e. The van der Waals surface area contributed by atoms with Crippen LogP contribution in [0.4, 0.5) is 0 Å². The van der Waals surface area contributed by atoms with E-state index in [0.717, 1.165) is 72.9 Å². The Morgan fingerprint density at radius 1 is 1.20 bits per heavy atom. The average Bonchev–Trinajstić information content (AvgIpc) is 3.34. The SMILES string of the molecule is CCc1nc(C(=O)N2CCOC3(CCN(Cc4cccc(CCCCC(=O)O)c4Cl)CC3)C2)cs1. The quantitative estimate of drug-likeness (QED) is 0.485. The fourth-order valence-electron chi connectivity index (χ4n) is 4.95. The first-order valence-corrected chi connectivity index (χ1v) is 13.7. The maximum atomic E-state index is 13.0. The largest absolute Gasteiger partial charge is 0.481 e. The van der Waals surface area contributed by atoms with Crippen LogP contribution in [-0.2, 0) is 28.9 Å². The third-order valence-electron chi connectivity index (χ3n) is 7.02. The van der Waals surface area contributed by atoms with Gasteiger partial charge in [0.05, 0.1) is 23.8 Å². The van der Waals surface area contributed by atoms with Crippen LogP contribution in [0.1, 0.15) is 65.7 Å². The summed E-state index contributed by atoms with van der Waals surface area (Å²) in [6.07, 6.45) is 5.06. The molecule has 2 aliphatic rings. The number of rotatable bonds is 9. The van der Waals surface area contributed by atoms with Crippen LogP contribution in [0.5, 0.6) is 0 Å². The molecule has 0 aliphatic carbocycles. The summed E-state index contributed by atoms with van der Waals surface area (Å²) in [5, 5.41) is 12.5. The van der Waals surface area contributed by atoms with Gasteiger partial charge in [0.25, 0.3) is 5.91 Å². The van der Waals surface area contributed by atoms with Crippen molar-refractivity contribution in [2.75, 3.05) is 32.8 Å². The molecule has 1 spiro atoms. The highest BCUT2D eigenvalue weighted by molar-refractivity contribution is 7.09. The van der Waals surface area contributed by atoms with E-state index in [1.807, 2.05) is 22.4 Å². The van der Waals surface area contributed by atoms with Crippen molar-refractivity contribution in [1.29, 1.82) is 0 Å². The van der Waals surface area contributed by atoms with Crippen LogP contribution in [0.25, 0.3) is 0 Å². The van der Waals surface area contributed by atoms with Crippen molar-refractivity contribution in [3.63, 3.8) is 0 Å². The molecule has 0 atom stereocenters. The summed E-state index contributed by atoms with van der Waals surface area (Å²) in [5.74, 6) is -0.742. The Kier molecular flexibility index (Phi) is 8.81. The second-order valence-corrected chi connectivity index (χ2v) is 10.8. The molecule has 2 aliphatic heterocycles. The number of nitrogens with zero attached hydrogens (tertiary/aromatic N) is 3. The number of carbonyl (C=O) groups excluding carboxylic acids is 1. The summed E-state index contributed by atoms with van der Waals surface area (Å²) in [5.41, 5.74) is 2.46. The average molecular weight is 520 g/mol. The van der Waals surface area contributed by atoms with Gasteiger partial charge in [-0.05, 0) is 49.7 Å². The molecule has 0 saturated carbocycles. The van der Waals surface area contributed by atoms with Crippen molar-refractivity contribution >= 4 is 34.8 Å². The highest BCUT2D eigenvalue weighted by atomic mass is 35.5. The lowest BCUT2D eigenvalue weighted by atomic mass is 9.89. The van der Waals surface area contributed by atoms with Crippen molar-refractivity contribution in [2.24, 2.45) is 0 Å². The standard InChI is InChI=1S/C26H34ClN3O4S/c1-2-22-28-21(17-35-22)25(33)30-14-15-34-26(18-30)10-12-29(13-11-26)16-20-8-5-7-19(24(20)27)6-3-4-9-23(31)32/h5,7-8,17H,2-4,6,9-16,18H2,1H3,(H,31,32). The molecule has 1 N–H and O–H groups in total. The van der Waals surface area contributed by atoms with Crippen LogP contribution >= 0.6 is 22.9 Å². The molecular formula is C26H34ClN3O4S. The number of likely N-dealkylation sites (tertiary alicyclic amines) is 1. The van der Waals surface area contributed by atoms with E-state index >= 15 is 0 Å². The lowest BCUT2D eigenvalue weighted by molar-refractivity contribution is -0.137. The number of morpholine rings is 1. The molecule has 0 bridgehead atoms. The third kappa shape index (κ3) is 6.61. The molecule has 2 saturated heterocycles. The van der Waals surface area contributed by atoms with Crippen molar-refractivity contribution in [3.8, 4) is 0 Å². The Labute approximate surface area is 216 Å². The Morgan fingerprint density at radius 3 is 2.69 bits per heavy atom. The molecule has 1 amide bonds. The van der Waals surface area contributed by atoms with Gasteiger partial charge >= 0.3 is 5.97 Å². The van der Waals surface area contributed by atoms with Gasteiger partial charge in [-0.15, -0.1) is 11.3 Å². The Morgan fingerprint density at radius 2 is 1.97 bits per heavy atom. The van der Waals surface area contributed by atoms with Gasteiger partial charge in [0.2, 0.25) is 0 Å². The highest BCUT2D eigenvalue weighted by Gasteiger charge is 2.41. The van der Waals surface area contributed by atoms with E-state index < -0.39 is 5.97 Å². The number of aliphatic carboxylic acids is 1. The van der Waals surface area contributed by atoms with Crippen LogP contribution in [-0.4, -0.2) is 70.2 Å². The van der Waals surface area contributed by atoms with E-state index in [4.69, 9.17) is 21.4 Å². The minimum absolute atomic E-state index is 0.0120. The van der Waals surface area contributed by atoms with Gasteiger partial charge in [-0.25, -0.2) is 4.98 Å². The zero-order valence-electron chi connectivity index (χ0n) is 20.3. The predicted molar refractivity (Wildman–Crippen MR) is 137 cm³/mol. The number of ether oxygens (including phenoxy) is 1. The predicted octanol–water partition coefficient (Wildman–Crippen LogP) is 4.66. The van der Waals surface area contributed by atoms with E-state index in [-0.39, 0.29) is 17.9 Å². The second kappa shape index (κ2) is 11.8. The molecule has 7 nitrogen and oxygen atoms in total. The number of piperidine rings is 1. The number of thiazole rings is 1. The molecular weight excluding hydrogens is 486 g/mol. The maximum absolute atomic E-state index is 13.0. The Hall–Kier alpha value is -2.00. The molecule has 9 heteroatoms. The topological polar surface area (TPSA) is 83.0 Å². The van der Waals surface area contributed by atoms with Crippen LogP contribution in [0, 0.1) is 0 Å². The molecule has 2 aromatic rings. The number of hydrogen-bond acceptors (Lipinski definition) is 6. The summed E-state index contributed by atoms with van der Waals surface area (Å²) >= 11 is 8.27. The number of aryl methyl sites for hydroxylation is 2. The molecule has 0 radical (unpaired) electrons. The Balaban J connectivity index is 1.31. The number of amides is 1. The van der Waals surface area contributed by atoms with E-state index in [0.29, 0.717) is 31.8 Å². The van der Waals surface area contributed by atoms with Gasteiger partial charge in [-0.3, -0.25) is 14.5 Å². The van der Waals surface area contributed by atoms with E-state index in [1.165, 1.54) is 0 Å². The van der Waals surface area contributed by atoms with Gasteiger partial charge in [-0.2, -0.15) is 0 Å². The minimum Gasteiger partial charge on any atom is -0.481 e. The number of unbranched alkanes of at least 4 members (excludes halogenated alkanes) is 1. The number of benzene rings is 1. The maximum Gasteiger partial charge on any atom is 0.303 e. The Bertz CT molecular complexity index is 1040. The molecule has 1 aromatic carbocycles. The number of carboxylic acids is 1. The van der Waals surface area contributed by atoms with E-state index in [9.17, 15) is 9.59 Å². The second-order valence-electron chi connectivity index (χ2n) is 9.51. The first-order valence-electron chi connectivity index (χ1n) is 12.5. The first-order chi connectivity index (χ1) is 16.9. The number of halogens is 1. The van der Waals surface area contributed by atoms with Gasteiger partial charge in [-0.1, -0.05) is 36.7 Å². The highest BCUT2D eigenvalue weighted by Crippen LogP contribution is 2.32. The van der Waals surface area contributed by atoms with Gasteiger partial charge < -0.3 is 14.7 Å². The normalized spacial score (nSPS) is 18.2. The molecule has 1 aromatic heterocycles. The number of hydrogen-bond donors (Lipinski definition) is 1. The van der Waals surface area contributed by atoms with Crippen LogP contribution in [0.3, 0.4) is 0 Å². The molecule has 35 heavy (non-hydrogen) atoms. The van der Waals surface area contributed by atoms with Crippen molar-refractivity contribution in [1.82, 2.24) is 14.8 Å². The van der Waals surface area contributed by atoms with Crippen LogP contribution in [0.2, 0.25) is 5.02 Å². The monoisotopic (exact) mass is 519 g/mol. The summed E-state index contributed by atoms with van der Waals surface area (Å²) < 4.78 is 6.26. The minimum atomic E-state index is -0.754. The van der Waals surface area contributed by atoms with Crippen molar-refractivity contribution in [2.45, 2.75) is 64.0 Å². The lowest BCUT2D eigenvalue weighted by Crippen LogP contribution is -2.58. The first kappa shape index (κ1) is 26.1. The van der Waals surface area contributed by atoms with Crippen LogP contribution < -0.4 is 0 Å². The summed E-state index contributed by atoms with van der Waals surface area (Å²) in [6, 6.07) is 6.14. The van der Waals surface area contributed by atoms with Gasteiger partial charge in [0.1, 0.15) is 5.69 Å². The summed E-state index contributed by atoms with van der Waals surface area (Å²) in [7, 11) is 0. The summed E-state index contributed by atoms with van der Waals surface area (Å²) in [4.78, 5) is 32.5. The lowest BCUT2D eigenvalue weighted by Gasteiger charge is -2.47.